The molecule has 2 amide bonds. The second-order valence-corrected chi connectivity index (χ2v) is 7.18. The maximum atomic E-state index is 12.7. The topological polar surface area (TPSA) is 81.3 Å². The Morgan fingerprint density at radius 1 is 1.33 bits per heavy atom. The fraction of sp³-hybridized carbons (Fsp3) is 0.438. The number of nitrogens with one attached hydrogen (secondary N) is 2. The normalized spacial score (nSPS) is 18.3. The van der Waals surface area contributed by atoms with Crippen molar-refractivity contribution in [2.75, 3.05) is 26.2 Å². The summed E-state index contributed by atoms with van der Waals surface area (Å²) in [6.07, 6.45) is 0.863. The first-order valence-electron chi connectivity index (χ1n) is 8.07. The van der Waals surface area contributed by atoms with Gasteiger partial charge in [0.15, 0.2) is 5.69 Å². The maximum absolute atomic E-state index is 12.7. The number of carbonyl (C=O) groups excluding carboxylic acids is 2. The molecule has 1 saturated heterocycles. The lowest BCUT2D eigenvalue weighted by Gasteiger charge is -2.28. The molecule has 0 unspecified atom stereocenters. The molecule has 0 atom stereocenters. The summed E-state index contributed by atoms with van der Waals surface area (Å²) in [7, 11) is 0. The molecule has 1 fully saturated rings. The van der Waals surface area contributed by atoms with E-state index in [4.69, 9.17) is 0 Å². The van der Waals surface area contributed by atoms with Crippen LogP contribution in [0.4, 0.5) is 0 Å². The quantitative estimate of drug-likeness (QED) is 0.854. The molecular weight excluding hydrogens is 326 g/mol. The first-order chi connectivity index (χ1) is 11.7. The monoisotopic (exact) mass is 345 g/mol. The number of thiophene rings is 1. The Morgan fingerprint density at radius 3 is 3.04 bits per heavy atom. The van der Waals surface area contributed by atoms with Crippen LogP contribution in [-0.2, 0) is 24.3 Å². The van der Waals surface area contributed by atoms with Crippen molar-refractivity contribution in [3.05, 3.63) is 39.3 Å². The van der Waals surface area contributed by atoms with E-state index in [9.17, 15) is 9.59 Å². The van der Waals surface area contributed by atoms with E-state index in [-0.39, 0.29) is 18.4 Å². The van der Waals surface area contributed by atoms with E-state index in [2.05, 4.69) is 37.9 Å². The van der Waals surface area contributed by atoms with Crippen molar-refractivity contribution < 1.29 is 9.59 Å². The summed E-state index contributed by atoms with van der Waals surface area (Å²) in [6.45, 7) is 3.70. The van der Waals surface area contributed by atoms with Crippen molar-refractivity contribution in [2.24, 2.45) is 0 Å². The zero-order valence-corrected chi connectivity index (χ0v) is 14.1. The van der Waals surface area contributed by atoms with Gasteiger partial charge in [0, 0.05) is 55.3 Å². The SMILES string of the molecule is O=C1CN(C(=O)c2n[nH]c3c2CN(Cc2cccs2)CC3)CCN1. The van der Waals surface area contributed by atoms with Gasteiger partial charge >= 0.3 is 0 Å². The van der Waals surface area contributed by atoms with Crippen LogP contribution in [-0.4, -0.2) is 58.0 Å². The molecule has 0 saturated carbocycles. The maximum Gasteiger partial charge on any atom is 0.275 e. The van der Waals surface area contributed by atoms with Crippen LogP contribution >= 0.6 is 11.3 Å². The average Bonchev–Trinajstić information content (AvgIpc) is 3.23. The summed E-state index contributed by atoms with van der Waals surface area (Å²) in [5.74, 6) is -0.265. The molecule has 2 aromatic heterocycles. The van der Waals surface area contributed by atoms with Gasteiger partial charge in [0.25, 0.3) is 5.91 Å². The average molecular weight is 345 g/mol. The van der Waals surface area contributed by atoms with E-state index in [1.807, 2.05) is 0 Å². The zero-order valence-electron chi connectivity index (χ0n) is 13.2. The first kappa shape index (κ1) is 15.3. The van der Waals surface area contributed by atoms with Crippen molar-refractivity contribution in [1.82, 2.24) is 25.3 Å². The van der Waals surface area contributed by atoms with Crippen molar-refractivity contribution in [3.63, 3.8) is 0 Å². The van der Waals surface area contributed by atoms with Crippen LogP contribution in [0.2, 0.25) is 0 Å². The minimum atomic E-state index is -0.152. The molecule has 4 heterocycles. The lowest BCUT2D eigenvalue weighted by molar-refractivity contribution is -0.123. The van der Waals surface area contributed by atoms with Gasteiger partial charge in [-0.25, -0.2) is 0 Å². The molecule has 4 rings (SSSR count). The van der Waals surface area contributed by atoms with Crippen LogP contribution < -0.4 is 5.32 Å². The first-order valence-corrected chi connectivity index (χ1v) is 8.95. The smallest absolute Gasteiger partial charge is 0.275 e. The summed E-state index contributed by atoms with van der Waals surface area (Å²) in [6, 6.07) is 4.19. The second-order valence-electron chi connectivity index (χ2n) is 6.15. The minimum absolute atomic E-state index is 0.110. The number of H-pyrrole nitrogens is 1. The number of fused-ring (bicyclic) bond motifs is 1. The Morgan fingerprint density at radius 2 is 2.25 bits per heavy atom. The summed E-state index contributed by atoms with van der Waals surface area (Å²) < 4.78 is 0. The molecule has 2 aliphatic heterocycles. The number of aromatic nitrogens is 2. The van der Waals surface area contributed by atoms with Crippen molar-refractivity contribution in [3.8, 4) is 0 Å². The molecule has 7 nitrogen and oxygen atoms in total. The molecule has 24 heavy (non-hydrogen) atoms. The van der Waals surface area contributed by atoms with Crippen molar-refractivity contribution in [2.45, 2.75) is 19.5 Å². The predicted octanol–water partition coefficient (Wildman–Crippen LogP) is 0.601. The molecule has 2 aliphatic rings. The van der Waals surface area contributed by atoms with Gasteiger partial charge in [-0.15, -0.1) is 11.3 Å². The van der Waals surface area contributed by atoms with Gasteiger partial charge in [0.1, 0.15) is 0 Å². The van der Waals surface area contributed by atoms with E-state index < -0.39 is 0 Å². The van der Waals surface area contributed by atoms with Gasteiger partial charge < -0.3 is 10.2 Å². The van der Waals surface area contributed by atoms with Crippen LogP contribution in [0.25, 0.3) is 0 Å². The Labute approximate surface area is 143 Å². The van der Waals surface area contributed by atoms with Gasteiger partial charge in [0.05, 0.1) is 6.54 Å². The highest BCUT2D eigenvalue weighted by Crippen LogP contribution is 2.24. The van der Waals surface area contributed by atoms with Crippen LogP contribution in [0.1, 0.15) is 26.6 Å². The van der Waals surface area contributed by atoms with Gasteiger partial charge in [-0.3, -0.25) is 19.6 Å². The third-order valence-corrected chi connectivity index (χ3v) is 5.36. The molecule has 0 bridgehead atoms. The lowest BCUT2D eigenvalue weighted by atomic mass is 10.0. The van der Waals surface area contributed by atoms with Gasteiger partial charge in [-0.05, 0) is 11.4 Å². The molecule has 0 aliphatic carbocycles. The number of hydrogen-bond donors (Lipinski definition) is 2. The molecular formula is C16H19N5O2S. The predicted molar refractivity (Wildman–Crippen MR) is 89.6 cm³/mol. The molecule has 126 valence electrons. The number of nitrogens with zero attached hydrogens (tertiary/aromatic N) is 3. The molecule has 0 radical (unpaired) electrons. The minimum Gasteiger partial charge on any atom is -0.353 e. The van der Waals surface area contributed by atoms with E-state index in [0.29, 0.717) is 25.3 Å². The Balaban J connectivity index is 1.51. The third kappa shape index (κ3) is 2.94. The number of rotatable bonds is 3. The highest BCUT2D eigenvalue weighted by molar-refractivity contribution is 7.09. The standard InChI is InChI=1S/C16H19N5O2S/c22-14-10-21(6-4-17-14)16(23)15-12-9-20(5-3-13(12)18-19-15)8-11-2-1-7-24-11/h1-2,7H,3-6,8-10H2,(H,17,22)(H,18,19). The fourth-order valence-electron chi connectivity index (χ4n) is 3.25. The molecule has 2 N–H and O–H groups in total. The lowest BCUT2D eigenvalue weighted by Crippen LogP contribution is -2.50. The summed E-state index contributed by atoms with van der Waals surface area (Å²) >= 11 is 1.75. The Hall–Kier alpha value is -2.19. The van der Waals surface area contributed by atoms with Gasteiger partial charge in [-0.1, -0.05) is 6.07 Å². The third-order valence-electron chi connectivity index (χ3n) is 4.50. The summed E-state index contributed by atoms with van der Waals surface area (Å²) in [5, 5.41) is 12.1. The fourth-order valence-corrected chi connectivity index (χ4v) is 3.99. The van der Waals surface area contributed by atoms with Crippen LogP contribution in [0.3, 0.4) is 0 Å². The number of hydrogen-bond acceptors (Lipinski definition) is 5. The molecule has 0 spiro atoms. The molecule has 8 heteroatoms. The van der Waals surface area contributed by atoms with E-state index in [0.717, 1.165) is 30.8 Å². The van der Waals surface area contributed by atoms with Crippen molar-refractivity contribution >= 4 is 23.2 Å². The van der Waals surface area contributed by atoms with Crippen LogP contribution in [0.15, 0.2) is 17.5 Å². The van der Waals surface area contributed by atoms with Gasteiger partial charge in [0.2, 0.25) is 5.91 Å². The molecule has 0 aromatic carbocycles. The second kappa shape index (κ2) is 6.37. The van der Waals surface area contributed by atoms with E-state index in [1.54, 1.807) is 16.2 Å². The summed E-state index contributed by atoms with van der Waals surface area (Å²) in [5.41, 5.74) is 2.49. The largest absolute Gasteiger partial charge is 0.353 e. The number of piperazine rings is 1. The number of amides is 2. The highest BCUT2D eigenvalue weighted by Gasteiger charge is 2.30. The van der Waals surface area contributed by atoms with Crippen LogP contribution in [0.5, 0.6) is 0 Å². The van der Waals surface area contributed by atoms with Crippen LogP contribution in [0, 0.1) is 0 Å². The zero-order chi connectivity index (χ0) is 16.5. The number of carbonyl (C=O) groups is 2. The Kier molecular flexibility index (Phi) is 4.07. The highest BCUT2D eigenvalue weighted by atomic mass is 32.1. The van der Waals surface area contributed by atoms with Crippen molar-refractivity contribution in [1.29, 1.82) is 0 Å². The Bertz CT molecular complexity index is 755. The van der Waals surface area contributed by atoms with E-state index in [1.165, 1.54) is 4.88 Å². The number of aromatic amines is 1. The van der Waals surface area contributed by atoms with Gasteiger partial charge in [-0.2, -0.15) is 5.10 Å². The van der Waals surface area contributed by atoms with E-state index >= 15 is 0 Å². The molecule has 2 aromatic rings. The summed E-state index contributed by atoms with van der Waals surface area (Å²) in [4.78, 5) is 29.5.